The van der Waals surface area contributed by atoms with Crippen LogP contribution in [0.3, 0.4) is 0 Å². The number of carbonyl (C=O) groups is 1. The Labute approximate surface area is 97.0 Å². The van der Waals surface area contributed by atoms with Crippen molar-refractivity contribution in [1.82, 2.24) is 0 Å². The molecule has 0 spiro atoms. The van der Waals surface area contributed by atoms with Crippen LogP contribution in [0.15, 0.2) is 24.3 Å². The van der Waals surface area contributed by atoms with Gasteiger partial charge in [-0.05, 0) is 24.0 Å². The van der Waals surface area contributed by atoms with Gasteiger partial charge in [-0.2, -0.15) is 0 Å². The van der Waals surface area contributed by atoms with E-state index in [1.807, 2.05) is 24.3 Å². The Morgan fingerprint density at radius 3 is 2.38 bits per heavy atom. The highest BCUT2D eigenvalue weighted by Gasteiger charge is 2.19. The number of nitrogens with one attached hydrogen (secondary N) is 1. The average Bonchev–Trinajstić information content (AvgIpc) is 2.16. The van der Waals surface area contributed by atoms with Crippen LogP contribution in [0.5, 0.6) is 0 Å². The van der Waals surface area contributed by atoms with Crippen LogP contribution >= 0.6 is 0 Å². The normalized spacial score (nSPS) is 13.3. The number of carbonyl (C=O) groups excluding carboxylic acids is 1. The summed E-state index contributed by atoms with van der Waals surface area (Å²) in [5.74, 6) is -0.156. The summed E-state index contributed by atoms with van der Waals surface area (Å²) in [4.78, 5) is 11.6. The number of benzene rings is 1. The Balaban J connectivity index is 3.01. The minimum Gasteiger partial charge on any atom is -0.324 e. The summed E-state index contributed by atoms with van der Waals surface area (Å²) < 4.78 is 0. The molecule has 1 amide bonds. The van der Waals surface area contributed by atoms with Crippen molar-refractivity contribution in [2.45, 2.75) is 39.2 Å². The first-order valence-corrected chi connectivity index (χ1v) is 5.48. The maximum Gasteiger partial charge on any atom is 0.241 e. The van der Waals surface area contributed by atoms with Crippen molar-refractivity contribution >= 4 is 11.6 Å². The van der Waals surface area contributed by atoms with Crippen LogP contribution in [0.25, 0.3) is 0 Å². The van der Waals surface area contributed by atoms with E-state index in [1.54, 1.807) is 6.92 Å². The summed E-state index contributed by atoms with van der Waals surface area (Å²) in [5.41, 5.74) is 7.49. The molecule has 0 bridgehead atoms. The van der Waals surface area contributed by atoms with Gasteiger partial charge in [-0.15, -0.1) is 0 Å². The van der Waals surface area contributed by atoms with Gasteiger partial charge in [-0.1, -0.05) is 39.0 Å². The van der Waals surface area contributed by atoms with Crippen molar-refractivity contribution in [1.29, 1.82) is 0 Å². The number of rotatable bonds is 2. The zero-order valence-electron chi connectivity index (χ0n) is 10.4. The number of hydrogen-bond acceptors (Lipinski definition) is 2. The van der Waals surface area contributed by atoms with Crippen LogP contribution in [0.2, 0.25) is 0 Å². The molecule has 1 aromatic rings. The SMILES string of the molecule is C[C@@H](N)C(=O)Nc1ccccc1C(C)(C)C. The maximum absolute atomic E-state index is 11.6. The largest absolute Gasteiger partial charge is 0.324 e. The topological polar surface area (TPSA) is 55.1 Å². The highest BCUT2D eigenvalue weighted by molar-refractivity contribution is 5.95. The molecule has 0 aromatic heterocycles. The summed E-state index contributed by atoms with van der Waals surface area (Å²) in [7, 11) is 0. The predicted molar refractivity (Wildman–Crippen MR) is 67.4 cm³/mol. The number of amides is 1. The molecule has 3 nitrogen and oxygen atoms in total. The minimum absolute atomic E-state index is 0.00170. The molecule has 1 rings (SSSR count). The maximum atomic E-state index is 11.6. The third-order valence-corrected chi connectivity index (χ3v) is 2.41. The molecule has 0 saturated heterocycles. The summed E-state index contributed by atoms with van der Waals surface area (Å²) in [5, 5.41) is 2.85. The highest BCUT2D eigenvalue weighted by atomic mass is 16.2. The van der Waals surface area contributed by atoms with Gasteiger partial charge in [0.15, 0.2) is 0 Å². The highest BCUT2D eigenvalue weighted by Crippen LogP contribution is 2.29. The lowest BCUT2D eigenvalue weighted by molar-refractivity contribution is -0.117. The zero-order valence-corrected chi connectivity index (χ0v) is 10.4. The van der Waals surface area contributed by atoms with Crippen LogP contribution in [0, 0.1) is 0 Å². The molecule has 16 heavy (non-hydrogen) atoms. The molecule has 0 aliphatic rings. The van der Waals surface area contributed by atoms with E-state index in [0.29, 0.717) is 0 Å². The summed E-state index contributed by atoms with van der Waals surface area (Å²) in [6.45, 7) is 8.02. The van der Waals surface area contributed by atoms with E-state index < -0.39 is 6.04 Å². The predicted octanol–water partition coefficient (Wildman–Crippen LogP) is 2.27. The molecule has 0 radical (unpaired) electrons. The first-order valence-electron chi connectivity index (χ1n) is 5.48. The van der Waals surface area contributed by atoms with Gasteiger partial charge in [0.2, 0.25) is 5.91 Å². The Bertz CT molecular complexity index is 378. The van der Waals surface area contributed by atoms with E-state index in [1.165, 1.54) is 0 Å². The van der Waals surface area contributed by atoms with Gasteiger partial charge in [0.05, 0.1) is 6.04 Å². The van der Waals surface area contributed by atoms with Crippen LogP contribution in [0.4, 0.5) is 5.69 Å². The van der Waals surface area contributed by atoms with E-state index in [-0.39, 0.29) is 11.3 Å². The second-order valence-electron chi connectivity index (χ2n) is 5.07. The fraction of sp³-hybridized carbons (Fsp3) is 0.462. The van der Waals surface area contributed by atoms with Gasteiger partial charge in [-0.25, -0.2) is 0 Å². The first-order chi connectivity index (χ1) is 7.32. The lowest BCUT2D eigenvalue weighted by atomic mass is 9.86. The number of anilines is 1. The first kappa shape index (κ1) is 12.7. The molecule has 0 aliphatic carbocycles. The van der Waals surface area contributed by atoms with Crippen molar-refractivity contribution in [3.63, 3.8) is 0 Å². The van der Waals surface area contributed by atoms with Gasteiger partial charge in [0.25, 0.3) is 0 Å². The van der Waals surface area contributed by atoms with Crippen molar-refractivity contribution in [3.8, 4) is 0 Å². The van der Waals surface area contributed by atoms with E-state index in [2.05, 4.69) is 26.1 Å². The number of para-hydroxylation sites is 1. The van der Waals surface area contributed by atoms with Gasteiger partial charge in [0, 0.05) is 5.69 Å². The monoisotopic (exact) mass is 220 g/mol. The van der Waals surface area contributed by atoms with Gasteiger partial charge in [-0.3, -0.25) is 4.79 Å². The van der Waals surface area contributed by atoms with Crippen molar-refractivity contribution in [2.24, 2.45) is 5.73 Å². The molecule has 0 fully saturated rings. The molecule has 1 atom stereocenters. The fourth-order valence-corrected chi connectivity index (χ4v) is 1.49. The second-order valence-corrected chi connectivity index (χ2v) is 5.07. The lowest BCUT2D eigenvalue weighted by Crippen LogP contribution is -2.33. The van der Waals surface area contributed by atoms with Crippen LogP contribution < -0.4 is 11.1 Å². The van der Waals surface area contributed by atoms with Gasteiger partial charge in [0.1, 0.15) is 0 Å². The molecule has 0 aliphatic heterocycles. The van der Waals surface area contributed by atoms with Crippen molar-refractivity contribution < 1.29 is 4.79 Å². The number of hydrogen-bond donors (Lipinski definition) is 2. The van der Waals surface area contributed by atoms with Crippen LogP contribution in [-0.4, -0.2) is 11.9 Å². The fourth-order valence-electron chi connectivity index (χ4n) is 1.49. The molecule has 3 heteroatoms. The molecular formula is C13H20N2O. The van der Waals surface area contributed by atoms with E-state index in [9.17, 15) is 4.79 Å². The van der Waals surface area contributed by atoms with Crippen LogP contribution in [0.1, 0.15) is 33.3 Å². The van der Waals surface area contributed by atoms with E-state index in [0.717, 1.165) is 11.3 Å². The Kier molecular flexibility index (Phi) is 3.70. The molecule has 0 saturated carbocycles. The zero-order chi connectivity index (χ0) is 12.3. The average molecular weight is 220 g/mol. The standard InChI is InChI=1S/C13H20N2O/c1-9(14)12(16)15-11-8-6-5-7-10(11)13(2,3)4/h5-9H,14H2,1-4H3,(H,15,16)/t9-/m1/s1. The van der Waals surface area contributed by atoms with Crippen LogP contribution in [-0.2, 0) is 10.2 Å². The molecule has 3 N–H and O–H groups in total. The third kappa shape index (κ3) is 3.07. The smallest absolute Gasteiger partial charge is 0.241 e. The van der Waals surface area contributed by atoms with E-state index >= 15 is 0 Å². The Morgan fingerprint density at radius 2 is 1.88 bits per heavy atom. The second kappa shape index (κ2) is 4.66. The third-order valence-electron chi connectivity index (χ3n) is 2.41. The molecule has 88 valence electrons. The Morgan fingerprint density at radius 1 is 1.31 bits per heavy atom. The Hall–Kier alpha value is -1.35. The van der Waals surface area contributed by atoms with Gasteiger partial charge < -0.3 is 11.1 Å². The summed E-state index contributed by atoms with van der Waals surface area (Å²) >= 11 is 0. The van der Waals surface area contributed by atoms with E-state index in [4.69, 9.17) is 5.73 Å². The molecular weight excluding hydrogens is 200 g/mol. The molecule has 0 unspecified atom stereocenters. The summed E-state index contributed by atoms with van der Waals surface area (Å²) in [6, 6.07) is 7.32. The number of nitrogens with two attached hydrogens (primary N) is 1. The molecule has 1 aromatic carbocycles. The lowest BCUT2D eigenvalue weighted by Gasteiger charge is -2.23. The minimum atomic E-state index is -0.493. The van der Waals surface area contributed by atoms with Crippen molar-refractivity contribution in [2.75, 3.05) is 5.32 Å². The summed E-state index contributed by atoms with van der Waals surface area (Å²) in [6.07, 6.45) is 0. The van der Waals surface area contributed by atoms with Gasteiger partial charge >= 0.3 is 0 Å². The van der Waals surface area contributed by atoms with Crippen molar-refractivity contribution in [3.05, 3.63) is 29.8 Å². The quantitative estimate of drug-likeness (QED) is 0.803. The molecule has 0 heterocycles.